The number of anilines is 1. The molecule has 0 aliphatic carbocycles. The van der Waals surface area contributed by atoms with Gasteiger partial charge in [0.1, 0.15) is 11.3 Å². The van der Waals surface area contributed by atoms with Crippen LogP contribution >= 0.6 is 23.1 Å². The van der Waals surface area contributed by atoms with Gasteiger partial charge in [-0.3, -0.25) is 0 Å². The number of rotatable bonds is 7. The van der Waals surface area contributed by atoms with Gasteiger partial charge in [-0.1, -0.05) is 23.1 Å². The Morgan fingerprint density at radius 2 is 2.42 bits per heavy atom. The van der Waals surface area contributed by atoms with Crippen molar-refractivity contribution in [3.63, 3.8) is 0 Å². The molecule has 9 heteroatoms. The number of aryl methyl sites for hydroxylation is 1. The van der Waals surface area contributed by atoms with E-state index in [0.717, 1.165) is 27.8 Å². The predicted molar refractivity (Wildman–Crippen MR) is 71.9 cm³/mol. The molecule has 102 valence electrons. The van der Waals surface area contributed by atoms with Gasteiger partial charge < -0.3 is 14.8 Å². The van der Waals surface area contributed by atoms with E-state index in [1.54, 1.807) is 23.1 Å². The molecule has 7 nitrogen and oxygen atoms in total. The highest BCUT2D eigenvalue weighted by Crippen LogP contribution is 2.22. The standard InChI is InChI=1S/C10H12N4O3S2/c1-6-13-14-10(19-6)18-4-2-3-11-9-12-7(5-17-9)8(15)16/h5H,2-4H2,1H3,(H,11,12)(H,15,16). The molecule has 19 heavy (non-hydrogen) atoms. The first-order valence-electron chi connectivity index (χ1n) is 5.51. The second kappa shape index (κ2) is 6.53. The number of carboxylic acids is 1. The molecule has 0 aliphatic rings. The lowest BCUT2D eigenvalue weighted by Crippen LogP contribution is -2.03. The summed E-state index contributed by atoms with van der Waals surface area (Å²) in [7, 11) is 0. The van der Waals surface area contributed by atoms with Gasteiger partial charge in [0.05, 0.1) is 0 Å². The zero-order valence-corrected chi connectivity index (χ0v) is 11.8. The summed E-state index contributed by atoms with van der Waals surface area (Å²) in [6, 6.07) is 0.231. The van der Waals surface area contributed by atoms with Crippen molar-refractivity contribution < 1.29 is 14.3 Å². The maximum absolute atomic E-state index is 10.6. The van der Waals surface area contributed by atoms with Crippen LogP contribution in [0.25, 0.3) is 0 Å². The van der Waals surface area contributed by atoms with Gasteiger partial charge in [-0.2, -0.15) is 4.98 Å². The molecule has 2 rings (SSSR count). The molecule has 0 aromatic carbocycles. The molecular formula is C10H12N4O3S2. The monoisotopic (exact) mass is 300 g/mol. The van der Waals surface area contributed by atoms with E-state index in [9.17, 15) is 4.79 Å². The molecule has 0 aliphatic heterocycles. The molecule has 0 amide bonds. The minimum absolute atomic E-state index is 0.0961. The van der Waals surface area contributed by atoms with E-state index in [-0.39, 0.29) is 11.7 Å². The summed E-state index contributed by atoms with van der Waals surface area (Å²) in [5.74, 6) is -0.201. The summed E-state index contributed by atoms with van der Waals surface area (Å²) in [5.41, 5.74) is -0.0961. The lowest BCUT2D eigenvalue weighted by Gasteiger charge is -1.99. The Kier molecular flexibility index (Phi) is 4.74. The van der Waals surface area contributed by atoms with Gasteiger partial charge in [0.25, 0.3) is 6.01 Å². The normalized spacial score (nSPS) is 10.6. The minimum Gasteiger partial charge on any atom is -0.476 e. The molecule has 2 N–H and O–H groups in total. The average Bonchev–Trinajstić information content (AvgIpc) is 2.98. The van der Waals surface area contributed by atoms with Crippen LogP contribution in [-0.4, -0.2) is 38.6 Å². The Morgan fingerprint density at radius 1 is 1.58 bits per heavy atom. The largest absolute Gasteiger partial charge is 0.476 e. The number of carbonyl (C=O) groups is 1. The summed E-state index contributed by atoms with van der Waals surface area (Å²) in [4.78, 5) is 14.3. The van der Waals surface area contributed by atoms with E-state index in [0.29, 0.717) is 6.54 Å². The molecule has 2 heterocycles. The number of hydrogen-bond donors (Lipinski definition) is 2. The fourth-order valence-corrected chi connectivity index (χ4v) is 3.04. The van der Waals surface area contributed by atoms with Crippen LogP contribution in [0.5, 0.6) is 0 Å². The predicted octanol–water partition coefficient (Wildman–Crippen LogP) is 2.13. The van der Waals surface area contributed by atoms with Crippen LogP contribution in [0, 0.1) is 6.92 Å². The van der Waals surface area contributed by atoms with Crippen LogP contribution in [0.4, 0.5) is 6.01 Å². The Bertz CT molecular complexity index is 554. The van der Waals surface area contributed by atoms with Crippen LogP contribution in [0.3, 0.4) is 0 Å². The average molecular weight is 300 g/mol. The molecule has 2 aromatic rings. The van der Waals surface area contributed by atoms with Crippen molar-refractivity contribution in [1.29, 1.82) is 0 Å². The van der Waals surface area contributed by atoms with Gasteiger partial charge >= 0.3 is 5.97 Å². The van der Waals surface area contributed by atoms with Gasteiger partial charge in [-0.05, 0) is 13.3 Å². The summed E-state index contributed by atoms with van der Waals surface area (Å²) in [6.45, 7) is 2.58. The SMILES string of the molecule is Cc1nnc(SCCCNc2nc(C(=O)O)co2)s1. The summed E-state index contributed by atoms with van der Waals surface area (Å²) < 4.78 is 5.92. The smallest absolute Gasteiger partial charge is 0.357 e. The molecule has 0 spiro atoms. The van der Waals surface area contributed by atoms with E-state index >= 15 is 0 Å². The van der Waals surface area contributed by atoms with Crippen molar-refractivity contribution in [3.05, 3.63) is 17.0 Å². The number of aromatic nitrogens is 3. The van der Waals surface area contributed by atoms with E-state index in [1.165, 1.54) is 0 Å². The van der Waals surface area contributed by atoms with Gasteiger partial charge in [0, 0.05) is 12.3 Å². The van der Waals surface area contributed by atoms with Crippen LogP contribution in [0.15, 0.2) is 15.0 Å². The fraction of sp³-hybridized carbons (Fsp3) is 0.400. The van der Waals surface area contributed by atoms with Crippen molar-refractivity contribution in [1.82, 2.24) is 15.2 Å². The second-order valence-electron chi connectivity index (χ2n) is 3.56. The first-order chi connectivity index (χ1) is 9.15. The third-order valence-electron chi connectivity index (χ3n) is 2.05. The molecule has 0 saturated carbocycles. The maximum atomic E-state index is 10.6. The minimum atomic E-state index is -1.10. The summed E-state index contributed by atoms with van der Waals surface area (Å²) in [5, 5.41) is 20.5. The number of aromatic carboxylic acids is 1. The molecule has 2 aromatic heterocycles. The quantitative estimate of drug-likeness (QED) is 0.592. The molecule has 0 radical (unpaired) electrons. The third-order valence-corrected chi connectivity index (χ3v) is 4.11. The van der Waals surface area contributed by atoms with Crippen molar-refractivity contribution in [2.24, 2.45) is 0 Å². The molecular weight excluding hydrogens is 288 g/mol. The highest BCUT2D eigenvalue weighted by atomic mass is 32.2. The Balaban J connectivity index is 1.65. The molecule has 0 fully saturated rings. The lowest BCUT2D eigenvalue weighted by molar-refractivity contribution is 0.0690. The molecule has 0 bridgehead atoms. The van der Waals surface area contributed by atoms with E-state index in [1.807, 2.05) is 6.92 Å². The van der Waals surface area contributed by atoms with E-state index in [2.05, 4.69) is 20.5 Å². The first-order valence-corrected chi connectivity index (χ1v) is 7.31. The Hall–Kier alpha value is -1.61. The van der Waals surface area contributed by atoms with Crippen molar-refractivity contribution in [2.45, 2.75) is 17.7 Å². The van der Waals surface area contributed by atoms with Crippen LogP contribution in [-0.2, 0) is 0 Å². The number of hydrogen-bond acceptors (Lipinski definition) is 8. The van der Waals surface area contributed by atoms with Gasteiger partial charge in [0.15, 0.2) is 10.0 Å². The fourth-order valence-electron chi connectivity index (χ4n) is 1.22. The van der Waals surface area contributed by atoms with Gasteiger partial charge in [0.2, 0.25) is 0 Å². The van der Waals surface area contributed by atoms with E-state index < -0.39 is 5.97 Å². The maximum Gasteiger partial charge on any atom is 0.357 e. The zero-order valence-electron chi connectivity index (χ0n) is 10.1. The molecule has 0 unspecified atom stereocenters. The van der Waals surface area contributed by atoms with Gasteiger partial charge in [-0.15, -0.1) is 10.2 Å². The Labute approximate surface area is 117 Å². The van der Waals surface area contributed by atoms with Gasteiger partial charge in [-0.25, -0.2) is 4.79 Å². The van der Waals surface area contributed by atoms with Crippen LogP contribution in [0.1, 0.15) is 21.9 Å². The first kappa shape index (κ1) is 13.8. The molecule has 0 saturated heterocycles. The third kappa shape index (κ3) is 4.21. The van der Waals surface area contributed by atoms with Crippen LogP contribution in [0.2, 0.25) is 0 Å². The number of oxazole rings is 1. The highest BCUT2D eigenvalue weighted by molar-refractivity contribution is 8.01. The van der Waals surface area contributed by atoms with E-state index in [4.69, 9.17) is 9.52 Å². The topological polar surface area (TPSA) is 101 Å². The number of nitrogens with one attached hydrogen (secondary N) is 1. The number of thioether (sulfide) groups is 1. The lowest BCUT2D eigenvalue weighted by atomic mass is 10.5. The summed E-state index contributed by atoms with van der Waals surface area (Å²) in [6.07, 6.45) is 2.00. The highest BCUT2D eigenvalue weighted by Gasteiger charge is 2.09. The number of carboxylic acid groups (broad SMARTS) is 1. The van der Waals surface area contributed by atoms with Crippen molar-refractivity contribution >= 4 is 35.1 Å². The van der Waals surface area contributed by atoms with Crippen LogP contribution < -0.4 is 5.32 Å². The van der Waals surface area contributed by atoms with Crippen molar-refractivity contribution in [2.75, 3.05) is 17.6 Å². The molecule has 0 atom stereocenters. The number of nitrogens with zero attached hydrogens (tertiary/aromatic N) is 3. The second-order valence-corrected chi connectivity index (χ2v) is 6.08. The zero-order chi connectivity index (χ0) is 13.7. The summed E-state index contributed by atoms with van der Waals surface area (Å²) >= 11 is 3.22. The van der Waals surface area contributed by atoms with Crippen molar-refractivity contribution in [3.8, 4) is 0 Å². The Morgan fingerprint density at radius 3 is 3.05 bits per heavy atom.